The molecule has 6 atom stereocenters. The van der Waals surface area contributed by atoms with Gasteiger partial charge in [-0.2, -0.15) is 5.26 Å². The molecule has 3 aliphatic rings. The lowest BCUT2D eigenvalue weighted by atomic mass is 9.55. The molecule has 0 saturated heterocycles. The number of hydrogen-bond donors (Lipinski definition) is 0. The molecule has 0 aromatic heterocycles. The van der Waals surface area contributed by atoms with Crippen LogP contribution in [0.25, 0.3) is 0 Å². The third kappa shape index (κ3) is 4.78. The van der Waals surface area contributed by atoms with Gasteiger partial charge in [0.05, 0.1) is 5.92 Å². The Morgan fingerprint density at radius 2 is 1.68 bits per heavy atom. The Labute approximate surface area is 184 Å². The molecule has 0 amide bonds. The van der Waals surface area contributed by atoms with E-state index < -0.39 is 23.2 Å². The highest BCUT2D eigenvalue weighted by Crippen LogP contribution is 2.54. The second-order valence-corrected chi connectivity index (χ2v) is 10.1. The van der Waals surface area contributed by atoms with E-state index in [0.29, 0.717) is 5.92 Å². The molecule has 0 spiro atoms. The summed E-state index contributed by atoms with van der Waals surface area (Å²) in [5.74, 6) is 1.12. The molecule has 5 heteroatoms. The standard InChI is InChI=1S/C26H33F2NO2/c1-2-3-4-16-5-9-21-17(11-16)6-7-18-12-19(8-10-22(18)21)26(30)31-20-13-24(27)23(15-29)25(28)14-20/h13-14,16-19,21-22H,2-12H2,1H3. The summed E-state index contributed by atoms with van der Waals surface area (Å²) < 4.78 is 33.0. The van der Waals surface area contributed by atoms with Crippen LogP contribution in [0.4, 0.5) is 8.78 Å². The fourth-order valence-electron chi connectivity index (χ4n) is 6.78. The zero-order valence-electron chi connectivity index (χ0n) is 18.4. The van der Waals surface area contributed by atoms with Gasteiger partial charge in [-0.05, 0) is 74.5 Å². The Bertz CT molecular complexity index is 825. The molecule has 3 fully saturated rings. The first-order chi connectivity index (χ1) is 15.0. The van der Waals surface area contributed by atoms with Gasteiger partial charge in [0.25, 0.3) is 0 Å². The maximum absolute atomic E-state index is 13.8. The van der Waals surface area contributed by atoms with Gasteiger partial charge in [-0.25, -0.2) is 8.78 Å². The molecule has 3 saturated carbocycles. The van der Waals surface area contributed by atoms with Crippen LogP contribution in [-0.2, 0) is 4.79 Å². The number of ether oxygens (including phenoxy) is 1. The predicted octanol–water partition coefficient (Wildman–Crippen LogP) is 6.79. The van der Waals surface area contributed by atoms with Crippen LogP contribution in [0.3, 0.4) is 0 Å². The molecule has 0 heterocycles. The Hall–Kier alpha value is -1.96. The van der Waals surface area contributed by atoms with Crippen molar-refractivity contribution in [2.45, 2.75) is 77.6 Å². The van der Waals surface area contributed by atoms with E-state index in [1.165, 1.54) is 57.4 Å². The molecule has 0 bridgehead atoms. The summed E-state index contributed by atoms with van der Waals surface area (Å²) in [7, 11) is 0. The SMILES string of the molecule is CCCCC1CCC2C(CCC3CC(C(=O)Oc4cc(F)c(C#N)c(F)c4)CCC32)C1. The molecule has 1 aromatic carbocycles. The van der Waals surface area contributed by atoms with Crippen molar-refractivity contribution in [3.63, 3.8) is 0 Å². The number of carbonyl (C=O) groups is 1. The lowest BCUT2D eigenvalue weighted by molar-refractivity contribution is -0.142. The van der Waals surface area contributed by atoms with E-state index in [0.717, 1.165) is 55.1 Å². The smallest absolute Gasteiger partial charge is 0.314 e. The number of nitrogens with zero attached hydrogens (tertiary/aromatic N) is 1. The first-order valence-electron chi connectivity index (χ1n) is 12.1. The third-order valence-corrected chi connectivity index (χ3v) is 8.29. The van der Waals surface area contributed by atoms with Gasteiger partial charge in [-0.1, -0.05) is 32.6 Å². The summed E-state index contributed by atoms with van der Waals surface area (Å²) in [6, 6.07) is 3.33. The number of benzene rings is 1. The van der Waals surface area contributed by atoms with Crippen LogP contribution >= 0.6 is 0 Å². The number of fused-ring (bicyclic) bond motifs is 3. The van der Waals surface area contributed by atoms with E-state index in [-0.39, 0.29) is 11.7 Å². The van der Waals surface area contributed by atoms with Crippen molar-refractivity contribution in [2.24, 2.45) is 35.5 Å². The van der Waals surface area contributed by atoms with Gasteiger partial charge in [0.15, 0.2) is 0 Å². The number of hydrogen-bond acceptors (Lipinski definition) is 3. The minimum atomic E-state index is -0.998. The summed E-state index contributed by atoms with van der Waals surface area (Å²) in [6.07, 6.45) is 13.3. The van der Waals surface area contributed by atoms with Crippen molar-refractivity contribution in [1.82, 2.24) is 0 Å². The van der Waals surface area contributed by atoms with Crippen LogP contribution in [0.5, 0.6) is 5.75 Å². The maximum atomic E-state index is 13.8. The van der Waals surface area contributed by atoms with Crippen LogP contribution < -0.4 is 4.74 Å². The first kappa shape index (κ1) is 22.2. The van der Waals surface area contributed by atoms with Crippen LogP contribution in [-0.4, -0.2) is 5.97 Å². The average molecular weight is 430 g/mol. The molecule has 31 heavy (non-hydrogen) atoms. The van der Waals surface area contributed by atoms with E-state index in [1.807, 2.05) is 0 Å². The first-order valence-corrected chi connectivity index (χ1v) is 12.1. The minimum absolute atomic E-state index is 0.157. The third-order valence-electron chi connectivity index (χ3n) is 8.29. The molecule has 0 aliphatic heterocycles. The molecule has 3 nitrogen and oxygen atoms in total. The number of rotatable bonds is 5. The van der Waals surface area contributed by atoms with Crippen molar-refractivity contribution < 1.29 is 18.3 Å². The number of halogens is 2. The molecule has 6 unspecified atom stereocenters. The van der Waals surface area contributed by atoms with Gasteiger partial charge in [-0.3, -0.25) is 4.79 Å². The van der Waals surface area contributed by atoms with E-state index in [2.05, 4.69) is 6.92 Å². The fourth-order valence-corrected chi connectivity index (χ4v) is 6.78. The second-order valence-electron chi connectivity index (χ2n) is 10.1. The van der Waals surface area contributed by atoms with Crippen molar-refractivity contribution in [1.29, 1.82) is 5.26 Å². The largest absolute Gasteiger partial charge is 0.426 e. The molecule has 1 aromatic rings. The van der Waals surface area contributed by atoms with Gasteiger partial charge >= 0.3 is 5.97 Å². The van der Waals surface area contributed by atoms with E-state index in [1.54, 1.807) is 0 Å². The summed E-state index contributed by atoms with van der Waals surface area (Å²) >= 11 is 0. The Kier molecular flexibility index (Phi) is 6.94. The van der Waals surface area contributed by atoms with Crippen LogP contribution in [0.15, 0.2) is 12.1 Å². The van der Waals surface area contributed by atoms with Gasteiger partial charge in [0.1, 0.15) is 29.0 Å². The highest BCUT2D eigenvalue weighted by molar-refractivity contribution is 5.75. The van der Waals surface area contributed by atoms with Gasteiger partial charge in [0, 0.05) is 12.1 Å². The molecule has 3 aliphatic carbocycles. The molecule has 168 valence electrons. The topological polar surface area (TPSA) is 50.1 Å². The monoisotopic (exact) mass is 429 g/mol. The summed E-state index contributed by atoms with van der Waals surface area (Å²) in [5.41, 5.74) is -0.651. The Balaban J connectivity index is 1.34. The van der Waals surface area contributed by atoms with E-state index >= 15 is 0 Å². The normalized spacial score (nSPS) is 32.5. The lowest BCUT2D eigenvalue weighted by Gasteiger charge is -2.50. The van der Waals surface area contributed by atoms with Crippen molar-refractivity contribution in [3.8, 4) is 11.8 Å². The highest BCUT2D eigenvalue weighted by atomic mass is 19.1. The summed E-state index contributed by atoms with van der Waals surface area (Å²) in [6.45, 7) is 2.27. The zero-order valence-corrected chi connectivity index (χ0v) is 18.4. The Morgan fingerprint density at radius 3 is 2.32 bits per heavy atom. The molecule has 4 rings (SSSR count). The van der Waals surface area contributed by atoms with Gasteiger partial charge in [0.2, 0.25) is 0 Å². The number of unbranched alkanes of at least 4 members (excludes halogenated alkanes) is 1. The fraction of sp³-hybridized carbons (Fsp3) is 0.692. The zero-order chi connectivity index (χ0) is 22.0. The van der Waals surface area contributed by atoms with Gasteiger partial charge in [-0.15, -0.1) is 0 Å². The average Bonchev–Trinajstić information content (AvgIpc) is 2.76. The maximum Gasteiger partial charge on any atom is 0.314 e. The van der Waals surface area contributed by atoms with E-state index in [4.69, 9.17) is 10.00 Å². The molecular formula is C26H33F2NO2. The molecule has 0 radical (unpaired) electrons. The number of carbonyl (C=O) groups excluding carboxylic acids is 1. The van der Waals surface area contributed by atoms with E-state index in [9.17, 15) is 13.6 Å². The molecule has 0 N–H and O–H groups in total. The number of nitriles is 1. The molecular weight excluding hydrogens is 396 g/mol. The number of esters is 1. The van der Waals surface area contributed by atoms with Crippen molar-refractivity contribution in [3.05, 3.63) is 29.3 Å². The van der Waals surface area contributed by atoms with Gasteiger partial charge < -0.3 is 4.74 Å². The van der Waals surface area contributed by atoms with Crippen LogP contribution in [0, 0.1) is 58.5 Å². The van der Waals surface area contributed by atoms with Crippen molar-refractivity contribution >= 4 is 5.97 Å². The Morgan fingerprint density at radius 1 is 1.03 bits per heavy atom. The van der Waals surface area contributed by atoms with Crippen LogP contribution in [0.2, 0.25) is 0 Å². The van der Waals surface area contributed by atoms with Crippen LogP contribution in [0.1, 0.15) is 83.1 Å². The minimum Gasteiger partial charge on any atom is -0.426 e. The highest BCUT2D eigenvalue weighted by Gasteiger charge is 2.45. The summed E-state index contributed by atoms with van der Waals surface area (Å²) in [4.78, 5) is 12.7. The lowest BCUT2D eigenvalue weighted by Crippen LogP contribution is -2.42. The quantitative estimate of drug-likeness (QED) is 0.382. The summed E-state index contributed by atoms with van der Waals surface area (Å²) in [5, 5.41) is 8.78. The second kappa shape index (κ2) is 9.67. The van der Waals surface area contributed by atoms with Crippen molar-refractivity contribution in [2.75, 3.05) is 0 Å². The predicted molar refractivity (Wildman–Crippen MR) is 114 cm³/mol.